The minimum absolute atomic E-state index is 0.355. The van der Waals surface area contributed by atoms with Crippen LogP contribution >= 0.6 is 0 Å². The standard InChI is InChI=1S/C16H25N3/c1-12(14-7-2-3-10-17-14)19-16-8-4-6-13(16)15-9-5-11-18-15/h2-3,7,10,12-13,15-16,18-19H,4-6,8-9,11H2,1H3/t12-,13?,15?,16?/m0/s1. The Bertz CT molecular complexity index is 386. The summed E-state index contributed by atoms with van der Waals surface area (Å²) in [6.45, 7) is 3.45. The van der Waals surface area contributed by atoms with Gasteiger partial charge in [-0.05, 0) is 57.2 Å². The summed E-state index contributed by atoms with van der Waals surface area (Å²) in [7, 11) is 0. The van der Waals surface area contributed by atoms with Gasteiger partial charge in [-0.1, -0.05) is 12.5 Å². The third-order valence-corrected chi connectivity index (χ3v) is 4.78. The van der Waals surface area contributed by atoms with Gasteiger partial charge in [-0.2, -0.15) is 0 Å². The van der Waals surface area contributed by atoms with Gasteiger partial charge in [0.1, 0.15) is 0 Å². The van der Waals surface area contributed by atoms with Crippen LogP contribution in [0.3, 0.4) is 0 Å². The van der Waals surface area contributed by atoms with Gasteiger partial charge in [0.25, 0.3) is 0 Å². The Kier molecular flexibility index (Phi) is 4.14. The topological polar surface area (TPSA) is 37.0 Å². The van der Waals surface area contributed by atoms with E-state index in [0.717, 1.165) is 17.7 Å². The van der Waals surface area contributed by atoms with Crippen LogP contribution in [-0.4, -0.2) is 23.6 Å². The zero-order valence-electron chi connectivity index (χ0n) is 11.8. The summed E-state index contributed by atoms with van der Waals surface area (Å²) in [6, 6.07) is 7.94. The molecule has 1 aromatic rings. The molecule has 4 atom stereocenters. The smallest absolute Gasteiger partial charge is 0.0570 e. The number of rotatable bonds is 4. The van der Waals surface area contributed by atoms with Crippen LogP contribution in [0.15, 0.2) is 24.4 Å². The molecule has 1 aliphatic carbocycles. The highest BCUT2D eigenvalue weighted by Crippen LogP contribution is 2.33. The fourth-order valence-corrected chi connectivity index (χ4v) is 3.79. The molecular weight excluding hydrogens is 234 g/mol. The summed E-state index contributed by atoms with van der Waals surface area (Å²) in [5.74, 6) is 0.814. The Balaban J connectivity index is 1.62. The van der Waals surface area contributed by atoms with Crippen LogP contribution in [0.25, 0.3) is 0 Å². The second-order valence-electron chi connectivity index (χ2n) is 6.05. The van der Waals surface area contributed by atoms with Gasteiger partial charge in [-0.15, -0.1) is 0 Å². The predicted molar refractivity (Wildman–Crippen MR) is 77.9 cm³/mol. The maximum Gasteiger partial charge on any atom is 0.0570 e. The molecule has 0 bridgehead atoms. The lowest BCUT2D eigenvalue weighted by molar-refractivity contribution is 0.302. The average molecular weight is 259 g/mol. The van der Waals surface area contributed by atoms with Crippen LogP contribution in [0, 0.1) is 5.92 Å². The summed E-state index contributed by atoms with van der Waals surface area (Å²) in [5.41, 5.74) is 1.16. The second kappa shape index (κ2) is 6.02. The summed E-state index contributed by atoms with van der Waals surface area (Å²) in [4.78, 5) is 4.47. The molecule has 1 saturated heterocycles. The molecule has 1 aromatic heterocycles. The molecule has 19 heavy (non-hydrogen) atoms. The van der Waals surface area contributed by atoms with E-state index in [0.29, 0.717) is 12.1 Å². The largest absolute Gasteiger partial charge is 0.314 e. The second-order valence-corrected chi connectivity index (χ2v) is 6.05. The van der Waals surface area contributed by atoms with Gasteiger partial charge in [0, 0.05) is 24.3 Å². The molecule has 2 heterocycles. The maximum atomic E-state index is 4.47. The first-order valence-corrected chi connectivity index (χ1v) is 7.75. The van der Waals surface area contributed by atoms with E-state index < -0.39 is 0 Å². The summed E-state index contributed by atoms with van der Waals surface area (Å²) in [5, 5.41) is 7.51. The quantitative estimate of drug-likeness (QED) is 0.873. The van der Waals surface area contributed by atoms with Gasteiger partial charge in [0.2, 0.25) is 0 Å². The fraction of sp³-hybridized carbons (Fsp3) is 0.688. The zero-order chi connectivity index (χ0) is 13.1. The van der Waals surface area contributed by atoms with E-state index in [9.17, 15) is 0 Å². The van der Waals surface area contributed by atoms with Gasteiger partial charge < -0.3 is 10.6 Å². The third-order valence-electron chi connectivity index (χ3n) is 4.78. The highest BCUT2D eigenvalue weighted by molar-refractivity contribution is 5.08. The lowest BCUT2D eigenvalue weighted by Gasteiger charge is -2.29. The molecule has 1 aliphatic heterocycles. The van der Waals surface area contributed by atoms with E-state index in [1.54, 1.807) is 0 Å². The Morgan fingerprint density at radius 2 is 2.21 bits per heavy atom. The molecule has 3 unspecified atom stereocenters. The van der Waals surface area contributed by atoms with Crippen molar-refractivity contribution in [3.8, 4) is 0 Å². The van der Waals surface area contributed by atoms with Gasteiger partial charge in [0.05, 0.1) is 5.69 Å². The van der Waals surface area contributed by atoms with E-state index in [4.69, 9.17) is 0 Å². The van der Waals surface area contributed by atoms with Crippen molar-refractivity contribution in [2.75, 3.05) is 6.54 Å². The van der Waals surface area contributed by atoms with Crippen LogP contribution in [0.2, 0.25) is 0 Å². The Morgan fingerprint density at radius 3 is 2.95 bits per heavy atom. The van der Waals surface area contributed by atoms with Gasteiger partial charge in [0.15, 0.2) is 0 Å². The number of aromatic nitrogens is 1. The van der Waals surface area contributed by atoms with Crippen molar-refractivity contribution in [2.24, 2.45) is 5.92 Å². The molecule has 1 saturated carbocycles. The van der Waals surface area contributed by atoms with Crippen molar-refractivity contribution in [3.63, 3.8) is 0 Å². The normalized spacial score (nSPS) is 32.6. The van der Waals surface area contributed by atoms with Gasteiger partial charge in [-0.25, -0.2) is 0 Å². The third kappa shape index (κ3) is 2.98. The summed E-state index contributed by atoms with van der Waals surface area (Å²) >= 11 is 0. The maximum absolute atomic E-state index is 4.47. The highest BCUT2D eigenvalue weighted by Gasteiger charge is 2.35. The number of hydrogen-bond acceptors (Lipinski definition) is 3. The van der Waals surface area contributed by atoms with Crippen LogP contribution in [0.4, 0.5) is 0 Å². The Hall–Kier alpha value is -0.930. The van der Waals surface area contributed by atoms with Gasteiger partial charge >= 0.3 is 0 Å². The molecule has 0 amide bonds. The van der Waals surface area contributed by atoms with E-state index in [-0.39, 0.29) is 0 Å². The number of hydrogen-bond donors (Lipinski definition) is 2. The first-order valence-electron chi connectivity index (χ1n) is 7.75. The average Bonchev–Trinajstić information content (AvgIpc) is 3.10. The van der Waals surface area contributed by atoms with Crippen molar-refractivity contribution in [1.82, 2.24) is 15.6 Å². The number of nitrogens with one attached hydrogen (secondary N) is 2. The van der Waals surface area contributed by atoms with Crippen molar-refractivity contribution < 1.29 is 0 Å². The molecule has 2 aliphatic rings. The monoisotopic (exact) mass is 259 g/mol. The molecule has 0 radical (unpaired) electrons. The van der Waals surface area contributed by atoms with Crippen molar-refractivity contribution >= 4 is 0 Å². The molecule has 2 fully saturated rings. The SMILES string of the molecule is C[C@H](NC1CCCC1C1CCCN1)c1ccccn1. The van der Waals surface area contributed by atoms with Crippen molar-refractivity contribution in [1.29, 1.82) is 0 Å². The zero-order valence-corrected chi connectivity index (χ0v) is 11.8. The first-order chi connectivity index (χ1) is 9.34. The van der Waals surface area contributed by atoms with E-state index in [1.807, 2.05) is 12.3 Å². The predicted octanol–water partition coefficient (Wildman–Crippen LogP) is 2.65. The number of pyridine rings is 1. The lowest BCUT2D eigenvalue weighted by Crippen LogP contribution is -2.43. The van der Waals surface area contributed by atoms with Crippen molar-refractivity contribution in [2.45, 2.75) is 57.2 Å². The number of nitrogens with zero attached hydrogens (tertiary/aromatic N) is 1. The highest BCUT2D eigenvalue weighted by atomic mass is 15.0. The minimum atomic E-state index is 0.355. The Morgan fingerprint density at radius 1 is 1.26 bits per heavy atom. The molecular formula is C16H25N3. The summed E-state index contributed by atoms with van der Waals surface area (Å²) < 4.78 is 0. The lowest BCUT2D eigenvalue weighted by atomic mass is 9.92. The van der Waals surface area contributed by atoms with Crippen LogP contribution < -0.4 is 10.6 Å². The molecule has 3 rings (SSSR count). The first kappa shape index (κ1) is 13.1. The van der Waals surface area contributed by atoms with Crippen LogP contribution in [-0.2, 0) is 0 Å². The Labute approximate surface area is 116 Å². The molecule has 3 heteroatoms. The molecule has 2 N–H and O–H groups in total. The van der Waals surface area contributed by atoms with Gasteiger partial charge in [-0.3, -0.25) is 4.98 Å². The molecule has 0 spiro atoms. The minimum Gasteiger partial charge on any atom is -0.314 e. The van der Waals surface area contributed by atoms with Crippen molar-refractivity contribution in [3.05, 3.63) is 30.1 Å². The van der Waals surface area contributed by atoms with E-state index in [2.05, 4.69) is 34.7 Å². The summed E-state index contributed by atoms with van der Waals surface area (Å²) in [6.07, 6.45) is 8.67. The van der Waals surface area contributed by atoms with E-state index >= 15 is 0 Å². The molecule has 0 aromatic carbocycles. The van der Waals surface area contributed by atoms with Crippen LogP contribution in [0.5, 0.6) is 0 Å². The molecule has 3 nitrogen and oxygen atoms in total. The fourth-order valence-electron chi connectivity index (χ4n) is 3.79. The van der Waals surface area contributed by atoms with Crippen LogP contribution in [0.1, 0.15) is 50.8 Å². The molecule has 104 valence electrons. The van der Waals surface area contributed by atoms with E-state index in [1.165, 1.54) is 38.6 Å².